The van der Waals surface area contributed by atoms with Gasteiger partial charge in [0, 0.05) is 5.56 Å². The fourth-order valence-corrected chi connectivity index (χ4v) is 3.79. The van der Waals surface area contributed by atoms with Crippen LogP contribution in [-0.2, 0) is 6.61 Å². The SMILES string of the molecule is CNCCCOc1cc(C)c(-c2cccc(COc3ccc(C=O)cc3)c2C)c(C)c1. The number of nitrogens with one attached hydrogen (secondary N) is 1. The van der Waals surface area contributed by atoms with Gasteiger partial charge < -0.3 is 14.8 Å². The van der Waals surface area contributed by atoms with E-state index in [0.29, 0.717) is 18.8 Å². The Hall–Kier alpha value is -3.11. The van der Waals surface area contributed by atoms with Crippen molar-refractivity contribution in [3.8, 4) is 22.6 Å². The van der Waals surface area contributed by atoms with Gasteiger partial charge in [0.15, 0.2) is 0 Å². The zero-order valence-corrected chi connectivity index (χ0v) is 18.8. The normalized spacial score (nSPS) is 10.7. The monoisotopic (exact) mass is 417 g/mol. The molecular weight excluding hydrogens is 386 g/mol. The van der Waals surface area contributed by atoms with E-state index in [-0.39, 0.29) is 0 Å². The summed E-state index contributed by atoms with van der Waals surface area (Å²) in [5.74, 6) is 1.67. The van der Waals surface area contributed by atoms with Gasteiger partial charge in [-0.3, -0.25) is 4.79 Å². The van der Waals surface area contributed by atoms with Crippen molar-refractivity contribution in [3.05, 3.63) is 82.4 Å². The Balaban J connectivity index is 1.79. The van der Waals surface area contributed by atoms with Gasteiger partial charge in [-0.05, 0) is 111 Å². The van der Waals surface area contributed by atoms with E-state index >= 15 is 0 Å². The number of aldehydes is 1. The van der Waals surface area contributed by atoms with Crippen LogP contribution in [-0.4, -0.2) is 26.5 Å². The van der Waals surface area contributed by atoms with Crippen LogP contribution in [0.4, 0.5) is 0 Å². The molecule has 162 valence electrons. The fraction of sp³-hybridized carbons (Fsp3) is 0.296. The lowest BCUT2D eigenvalue weighted by atomic mass is 9.90. The molecule has 0 amide bonds. The maximum Gasteiger partial charge on any atom is 0.150 e. The van der Waals surface area contributed by atoms with Crippen LogP contribution in [0.5, 0.6) is 11.5 Å². The first-order valence-corrected chi connectivity index (χ1v) is 10.7. The standard InChI is InChI=1S/C27H31NO3/c1-19-15-25(30-14-6-13-28-4)16-20(2)27(19)26-8-5-7-23(21(26)3)18-31-24-11-9-22(17-29)10-12-24/h5,7-12,15-17,28H,6,13-14,18H2,1-4H3. The Morgan fingerprint density at radius 2 is 1.61 bits per heavy atom. The second kappa shape index (κ2) is 10.8. The molecule has 0 spiro atoms. The molecule has 0 unspecified atom stereocenters. The molecule has 3 rings (SSSR count). The van der Waals surface area contributed by atoms with Gasteiger partial charge in [-0.25, -0.2) is 0 Å². The van der Waals surface area contributed by atoms with Crippen molar-refractivity contribution in [1.82, 2.24) is 5.32 Å². The van der Waals surface area contributed by atoms with E-state index in [0.717, 1.165) is 36.3 Å². The zero-order chi connectivity index (χ0) is 22.2. The second-order valence-corrected chi connectivity index (χ2v) is 7.80. The topological polar surface area (TPSA) is 47.6 Å². The highest BCUT2D eigenvalue weighted by molar-refractivity contribution is 5.76. The van der Waals surface area contributed by atoms with Crippen LogP contribution >= 0.6 is 0 Å². The van der Waals surface area contributed by atoms with Crippen molar-refractivity contribution in [2.24, 2.45) is 0 Å². The Morgan fingerprint density at radius 1 is 0.903 bits per heavy atom. The predicted octanol–water partition coefficient (Wildman–Crippen LogP) is 5.66. The molecule has 3 aromatic rings. The largest absolute Gasteiger partial charge is 0.494 e. The molecule has 4 heteroatoms. The summed E-state index contributed by atoms with van der Waals surface area (Å²) in [6.07, 6.45) is 1.82. The van der Waals surface area contributed by atoms with Crippen molar-refractivity contribution in [1.29, 1.82) is 0 Å². The number of hydrogen-bond donors (Lipinski definition) is 1. The minimum atomic E-state index is 0.477. The maximum atomic E-state index is 10.8. The summed E-state index contributed by atoms with van der Waals surface area (Å²) in [6, 6.07) is 17.8. The number of ether oxygens (including phenoxy) is 2. The van der Waals surface area contributed by atoms with E-state index in [1.54, 1.807) is 12.1 Å². The van der Waals surface area contributed by atoms with Crippen LogP contribution < -0.4 is 14.8 Å². The summed E-state index contributed by atoms with van der Waals surface area (Å²) < 4.78 is 11.9. The van der Waals surface area contributed by atoms with Crippen molar-refractivity contribution in [3.63, 3.8) is 0 Å². The molecule has 0 saturated heterocycles. The van der Waals surface area contributed by atoms with E-state index in [1.807, 2.05) is 19.2 Å². The number of hydrogen-bond acceptors (Lipinski definition) is 4. The quantitative estimate of drug-likeness (QED) is 0.342. The van der Waals surface area contributed by atoms with Gasteiger partial charge in [0.2, 0.25) is 0 Å². The molecule has 0 aromatic heterocycles. The number of rotatable bonds is 10. The average molecular weight is 418 g/mol. The highest BCUT2D eigenvalue weighted by atomic mass is 16.5. The third-order valence-electron chi connectivity index (χ3n) is 5.47. The molecule has 0 atom stereocenters. The molecule has 0 fully saturated rings. The highest BCUT2D eigenvalue weighted by Crippen LogP contribution is 2.34. The van der Waals surface area contributed by atoms with E-state index < -0.39 is 0 Å². The lowest BCUT2D eigenvalue weighted by Crippen LogP contribution is -2.11. The molecule has 0 aliphatic heterocycles. The summed E-state index contributed by atoms with van der Waals surface area (Å²) in [6.45, 7) is 8.56. The number of carbonyl (C=O) groups excluding carboxylic acids is 1. The van der Waals surface area contributed by atoms with Crippen molar-refractivity contribution in [2.75, 3.05) is 20.2 Å². The summed E-state index contributed by atoms with van der Waals surface area (Å²) in [5, 5.41) is 3.14. The predicted molar refractivity (Wildman–Crippen MR) is 126 cm³/mol. The van der Waals surface area contributed by atoms with Gasteiger partial charge in [-0.1, -0.05) is 18.2 Å². The zero-order valence-electron chi connectivity index (χ0n) is 18.8. The average Bonchev–Trinajstić information content (AvgIpc) is 2.77. The van der Waals surface area contributed by atoms with Crippen molar-refractivity contribution >= 4 is 6.29 Å². The molecule has 1 N–H and O–H groups in total. The first kappa shape index (κ1) is 22.6. The number of aryl methyl sites for hydroxylation is 2. The number of benzene rings is 3. The Kier molecular flexibility index (Phi) is 7.85. The Morgan fingerprint density at radius 3 is 2.26 bits per heavy atom. The first-order chi connectivity index (χ1) is 15.0. The lowest BCUT2D eigenvalue weighted by Gasteiger charge is -2.18. The van der Waals surface area contributed by atoms with Gasteiger partial charge in [0.25, 0.3) is 0 Å². The van der Waals surface area contributed by atoms with E-state index in [1.165, 1.54) is 27.8 Å². The molecule has 31 heavy (non-hydrogen) atoms. The van der Waals surface area contributed by atoms with Crippen LogP contribution in [0.3, 0.4) is 0 Å². The molecule has 3 aromatic carbocycles. The fourth-order valence-electron chi connectivity index (χ4n) is 3.79. The van der Waals surface area contributed by atoms with Gasteiger partial charge in [0.05, 0.1) is 6.61 Å². The molecule has 0 bridgehead atoms. The van der Waals surface area contributed by atoms with Crippen LogP contribution in [0.15, 0.2) is 54.6 Å². The maximum absolute atomic E-state index is 10.8. The van der Waals surface area contributed by atoms with Crippen molar-refractivity contribution in [2.45, 2.75) is 33.8 Å². The van der Waals surface area contributed by atoms with Gasteiger partial charge in [-0.2, -0.15) is 0 Å². The molecule has 0 heterocycles. The minimum absolute atomic E-state index is 0.477. The second-order valence-electron chi connectivity index (χ2n) is 7.80. The third-order valence-corrected chi connectivity index (χ3v) is 5.47. The molecular formula is C27H31NO3. The van der Waals surface area contributed by atoms with E-state index in [9.17, 15) is 4.79 Å². The van der Waals surface area contributed by atoms with Crippen LogP contribution in [0.1, 0.15) is 39.0 Å². The van der Waals surface area contributed by atoms with Crippen LogP contribution in [0.2, 0.25) is 0 Å². The van der Waals surface area contributed by atoms with Gasteiger partial charge in [0.1, 0.15) is 24.4 Å². The smallest absolute Gasteiger partial charge is 0.150 e. The Bertz CT molecular complexity index is 1000. The molecule has 0 radical (unpaired) electrons. The molecule has 0 aliphatic carbocycles. The minimum Gasteiger partial charge on any atom is -0.494 e. The lowest BCUT2D eigenvalue weighted by molar-refractivity contribution is 0.112. The highest BCUT2D eigenvalue weighted by Gasteiger charge is 2.13. The van der Waals surface area contributed by atoms with Gasteiger partial charge >= 0.3 is 0 Å². The summed E-state index contributed by atoms with van der Waals surface area (Å²) in [4.78, 5) is 10.8. The summed E-state index contributed by atoms with van der Waals surface area (Å²) >= 11 is 0. The first-order valence-electron chi connectivity index (χ1n) is 10.7. The van der Waals surface area contributed by atoms with Crippen LogP contribution in [0, 0.1) is 20.8 Å². The third kappa shape index (κ3) is 5.74. The van der Waals surface area contributed by atoms with E-state index in [2.05, 4.69) is 56.4 Å². The Labute approximate surface area is 185 Å². The summed E-state index contributed by atoms with van der Waals surface area (Å²) in [7, 11) is 1.95. The van der Waals surface area contributed by atoms with Crippen LogP contribution in [0.25, 0.3) is 11.1 Å². The molecule has 0 saturated carbocycles. The molecule has 0 aliphatic rings. The molecule has 4 nitrogen and oxygen atoms in total. The number of carbonyl (C=O) groups is 1. The van der Waals surface area contributed by atoms with E-state index in [4.69, 9.17) is 9.47 Å². The van der Waals surface area contributed by atoms with Gasteiger partial charge in [-0.15, -0.1) is 0 Å². The van der Waals surface area contributed by atoms with Crippen molar-refractivity contribution < 1.29 is 14.3 Å². The summed E-state index contributed by atoms with van der Waals surface area (Å²) in [5.41, 5.74) is 7.87.